The number of hydrogen-bond acceptors (Lipinski definition) is 3. The molecular formula is C13H16N2O2. The minimum atomic E-state index is -0.912. The topological polar surface area (TPSA) is 52.9 Å². The maximum absolute atomic E-state index is 11.0. The van der Waals surface area contributed by atoms with E-state index in [1.54, 1.807) is 0 Å². The molecule has 90 valence electrons. The largest absolute Gasteiger partial charge is 0.477 e. The molecular weight excluding hydrogens is 216 g/mol. The molecule has 0 aromatic heterocycles. The second-order valence-corrected chi connectivity index (χ2v) is 4.15. The van der Waals surface area contributed by atoms with Crippen LogP contribution in [-0.4, -0.2) is 28.3 Å². The van der Waals surface area contributed by atoms with Crippen molar-refractivity contribution in [3.8, 4) is 0 Å². The Hall–Kier alpha value is -1.84. The second kappa shape index (κ2) is 4.99. The standard InChI is InChI=1S/C13H16N2O2/c1-2-8-15-12(9-11(14-15)13(16)17)10-6-4-3-5-7-10/h3-7,12H,2,8-9H2,1H3,(H,16,17)/t12-/m0/s1. The normalized spacial score (nSPS) is 19.2. The zero-order valence-electron chi connectivity index (χ0n) is 9.84. The third kappa shape index (κ3) is 2.46. The van der Waals surface area contributed by atoms with Gasteiger partial charge in [-0.2, -0.15) is 5.10 Å². The minimum Gasteiger partial charge on any atom is -0.477 e. The molecule has 1 aromatic carbocycles. The highest BCUT2D eigenvalue weighted by atomic mass is 16.4. The van der Waals surface area contributed by atoms with E-state index in [1.165, 1.54) is 0 Å². The lowest BCUT2D eigenvalue weighted by molar-refractivity contribution is -0.129. The predicted molar refractivity (Wildman–Crippen MR) is 65.9 cm³/mol. The molecule has 4 heteroatoms. The zero-order chi connectivity index (χ0) is 12.3. The third-order valence-electron chi connectivity index (χ3n) is 2.88. The van der Waals surface area contributed by atoms with Crippen LogP contribution in [0.5, 0.6) is 0 Å². The van der Waals surface area contributed by atoms with Gasteiger partial charge in [-0.15, -0.1) is 0 Å². The molecule has 0 radical (unpaired) electrons. The summed E-state index contributed by atoms with van der Waals surface area (Å²) in [5.41, 5.74) is 1.38. The molecule has 0 saturated carbocycles. The van der Waals surface area contributed by atoms with Crippen molar-refractivity contribution in [1.29, 1.82) is 0 Å². The van der Waals surface area contributed by atoms with E-state index < -0.39 is 5.97 Å². The van der Waals surface area contributed by atoms with Gasteiger partial charge in [-0.3, -0.25) is 5.01 Å². The van der Waals surface area contributed by atoms with E-state index in [9.17, 15) is 4.79 Å². The fraction of sp³-hybridized carbons (Fsp3) is 0.385. The van der Waals surface area contributed by atoms with Crippen molar-refractivity contribution in [2.24, 2.45) is 5.10 Å². The van der Waals surface area contributed by atoms with Crippen molar-refractivity contribution >= 4 is 11.7 Å². The van der Waals surface area contributed by atoms with Gasteiger partial charge in [0, 0.05) is 13.0 Å². The number of hydrazone groups is 1. The summed E-state index contributed by atoms with van der Waals surface area (Å²) >= 11 is 0. The van der Waals surface area contributed by atoms with Gasteiger partial charge in [-0.1, -0.05) is 37.3 Å². The molecule has 1 aliphatic heterocycles. The van der Waals surface area contributed by atoms with Gasteiger partial charge in [0.2, 0.25) is 0 Å². The first kappa shape index (κ1) is 11.6. The van der Waals surface area contributed by atoms with Gasteiger partial charge < -0.3 is 5.11 Å². The molecule has 1 aromatic rings. The van der Waals surface area contributed by atoms with E-state index in [4.69, 9.17) is 5.11 Å². The van der Waals surface area contributed by atoms with Crippen LogP contribution >= 0.6 is 0 Å². The highest BCUT2D eigenvalue weighted by Gasteiger charge is 2.30. The number of benzene rings is 1. The molecule has 0 saturated heterocycles. The van der Waals surface area contributed by atoms with Crippen LogP contribution in [0.3, 0.4) is 0 Å². The molecule has 0 spiro atoms. The average Bonchev–Trinajstić information content (AvgIpc) is 2.75. The Morgan fingerprint density at radius 3 is 2.76 bits per heavy atom. The molecule has 4 nitrogen and oxygen atoms in total. The predicted octanol–water partition coefficient (Wildman–Crippen LogP) is 2.28. The van der Waals surface area contributed by atoms with E-state index in [0.717, 1.165) is 18.5 Å². The minimum absolute atomic E-state index is 0.0715. The highest BCUT2D eigenvalue weighted by molar-refractivity contribution is 6.36. The SMILES string of the molecule is CCCN1N=C(C(=O)O)C[C@H]1c1ccccc1. The summed E-state index contributed by atoms with van der Waals surface area (Å²) in [5.74, 6) is -0.912. The Morgan fingerprint density at radius 2 is 2.18 bits per heavy atom. The number of carbonyl (C=O) groups is 1. The Labute approximate surface area is 101 Å². The van der Waals surface area contributed by atoms with Crippen LogP contribution in [0.25, 0.3) is 0 Å². The summed E-state index contributed by atoms with van der Waals surface area (Å²) in [4.78, 5) is 11.0. The monoisotopic (exact) mass is 232 g/mol. The molecule has 1 aliphatic rings. The summed E-state index contributed by atoms with van der Waals surface area (Å²) in [5, 5.41) is 15.1. The maximum Gasteiger partial charge on any atom is 0.352 e. The third-order valence-corrected chi connectivity index (χ3v) is 2.88. The number of nitrogens with zero attached hydrogens (tertiary/aromatic N) is 2. The summed E-state index contributed by atoms with van der Waals surface area (Å²) < 4.78 is 0. The van der Waals surface area contributed by atoms with Crippen LogP contribution in [-0.2, 0) is 4.79 Å². The lowest BCUT2D eigenvalue weighted by atomic mass is 10.0. The van der Waals surface area contributed by atoms with Crippen molar-refractivity contribution in [2.75, 3.05) is 6.54 Å². The van der Waals surface area contributed by atoms with Crippen molar-refractivity contribution in [1.82, 2.24) is 5.01 Å². The van der Waals surface area contributed by atoms with Gasteiger partial charge >= 0.3 is 5.97 Å². The van der Waals surface area contributed by atoms with Crippen LogP contribution in [0.2, 0.25) is 0 Å². The molecule has 0 fully saturated rings. The molecule has 2 rings (SSSR count). The summed E-state index contributed by atoms with van der Waals surface area (Å²) in [6.45, 7) is 2.85. The average molecular weight is 232 g/mol. The Kier molecular flexibility index (Phi) is 3.42. The Morgan fingerprint density at radius 1 is 1.47 bits per heavy atom. The zero-order valence-corrected chi connectivity index (χ0v) is 9.84. The van der Waals surface area contributed by atoms with Crippen molar-refractivity contribution in [2.45, 2.75) is 25.8 Å². The van der Waals surface area contributed by atoms with E-state index in [0.29, 0.717) is 6.42 Å². The van der Waals surface area contributed by atoms with Gasteiger partial charge in [-0.05, 0) is 12.0 Å². The van der Waals surface area contributed by atoms with Gasteiger partial charge in [-0.25, -0.2) is 4.79 Å². The summed E-state index contributed by atoms with van der Waals surface area (Å²) in [7, 11) is 0. The lowest BCUT2D eigenvalue weighted by Crippen LogP contribution is -2.20. The second-order valence-electron chi connectivity index (χ2n) is 4.15. The quantitative estimate of drug-likeness (QED) is 0.866. The van der Waals surface area contributed by atoms with Crippen molar-refractivity contribution in [3.05, 3.63) is 35.9 Å². The van der Waals surface area contributed by atoms with Crippen LogP contribution < -0.4 is 0 Å². The molecule has 1 N–H and O–H groups in total. The summed E-state index contributed by atoms with van der Waals surface area (Å²) in [6, 6.07) is 10.0. The number of rotatable bonds is 4. The smallest absolute Gasteiger partial charge is 0.352 e. The first-order chi connectivity index (χ1) is 8.22. The van der Waals surface area contributed by atoms with Crippen LogP contribution in [0.1, 0.15) is 31.4 Å². The van der Waals surface area contributed by atoms with Crippen LogP contribution in [0.4, 0.5) is 0 Å². The van der Waals surface area contributed by atoms with Gasteiger partial charge in [0.15, 0.2) is 0 Å². The summed E-state index contributed by atoms with van der Waals surface area (Å²) in [6.07, 6.45) is 1.44. The van der Waals surface area contributed by atoms with E-state index in [2.05, 4.69) is 12.0 Å². The van der Waals surface area contributed by atoms with Gasteiger partial charge in [0.05, 0.1) is 6.04 Å². The molecule has 0 unspecified atom stereocenters. The fourth-order valence-corrected chi connectivity index (χ4v) is 2.08. The molecule has 1 atom stereocenters. The molecule has 17 heavy (non-hydrogen) atoms. The Bertz CT molecular complexity index is 428. The first-order valence-electron chi connectivity index (χ1n) is 5.84. The van der Waals surface area contributed by atoms with Crippen LogP contribution in [0.15, 0.2) is 35.4 Å². The first-order valence-corrected chi connectivity index (χ1v) is 5.84. The highest BCUT2D eigenvalue weighted by Crippen LogP contribution is 2.30. The fourth-order valence-electron chi connectivity index (χ4n) is 2.08. The molecule has 1 heterocycles. The molecule has 0 amide bonds. The van der Waals surface area contributed by atoms with E-state index in [1.807, 2.05) is 35.3 Å². The number of carboxylic acid groups (broad SMARTS) is 1. The molecule has 0 aliphatic carbocycles. The Balaban J connectivity index is 2.21. The van der Waals surface area contributed by atoms with Crippen LogP contribution in [0, 0.1) is 0 Å². The number of hydrogen-bond donors (Lipinski definition) is 1. The van der Waals surface area contributed by atoms with Gasteiger partial charge in [0.25, 0.3) is 0 Å². The number of aliphatic carboxylic acids is 1. The maximum atomic E-state index is 11.0. The molecule has 0 bridgehead atoms. The van der Waals surface area contributed by atoms with Crippen molar-refractivity contribution < 1.29 is 9.90 Å². The lowest BCUT2D eigenvalue weighted by Gasteiger charge is -2.23. The number of carboxylic acids is 1. The van der Waals surface area contributed by atoms with E-state index in [-0.39, 0.29) is 11.8 Å². The van der Waals surface area contributed by atoms with E-state index >= 15 is 0 Å². The van der Waals surface area contributed by atoms with Crippen molar-refractivity contribution in [3.63, 3.8) is 0 Å². The van der Waals surface area contributed by atoms with Gasteiger partial charge in [0.1, 0.15) is 5.71 Å².